The summed E-state index contributed by atoms with van der Waals surface area (Å²) in [6, 6.07) is 26.1. The molecule has 46 heavy (non-hydrogen) atoms. The Morgan fingerprint density at radius 1 is 0.913 bits per heavy atom. The number of para-hydroxylation sites is 1. The Labute approximate surface area is 269 Å². The highest BCUT2D eigenvalue weighted by molar-refractivity contribution is 6.05. The third-order valence-electron chi connectivity index (χ3n) is 9.45. The predicted octanol–water partition coefficient (Wildman–Crippen LogP) is 7.62. The Hall–Kier alpha value is -4.92. The number of hydrogen-bond acceptors (Lipinski definition) is 4. The van der Waals surface area contributed by atoms with E-state index in [0.717, 1.165) is 65.6 Å². The fourth-order valence-corrected chi connectivity index (χ4v) is 7.14. The smallest absolute Gasteiger partial charge is 0.324 e. The van der Waals surface area contributed by atoms with Crippen molar-refractivity contribution in [2.45, 2.75) is 77.3 Å². The molecule has 2 aliphatic heterocycles. The maximum atomic E-state index is 13.6. The van der Waals surface area contributed by atoms with Crippen molar-refractivity contribution in [1.29, 1.82) is 0 Å². The van der Waals surface area contributed by atoms with Gasteiger partial charge in [0.2, 0.25) is 0 Å². The second-order valence-corrected chi connectivity index (χ2v) is 13.9. The minimum absolute atomic E-state index is 0.0407. The van der Waals surface area contributed by atoms with E-state index in [1.807, 2.05) is 73.7 Å². The minimum atomic E-state index is -0.318. The molecule has 3 aromatic carbocycles. The highest BCUT2D eigenvalue weighted by atomic mass is 16.2. The zero-order chi connectivity index (χ0) is 32.0. The number of hydrogen-bond donors (Lipinski definition) is 3. The molecule has 2 bridgehead atoms. The lowest BCUT2D eigenvalue weighted by Crippen LogP contribution is -2.47. The second-order valence-electron chi connectivity index (χ2n) is 13.9. The Bertz CT molecular complexity index is 1880. The highest BCUT2D eigenvalue weighted by Gasteiger charge is 2.44. The van der Waals surface area contributed by atoms with Crippen molar-refractivity contribution in [3.63, 3.8) is 0 Å². The molecule has 0 aliphatic carbocycles. The van der Waals surface area contributed by atoms with Gasteiger partial charge in [-0.15, -0.1) is 0 Å². The van der Waals surface area contributed by atoms with Crippen LogP contribution in [0.4, 0.5) is 16.3 Å². The number of rotatable bonds is 6. The standard InChI is InChI=1S/C37H41N7O2/c1-23-12-14-27(15-13-23)44-33(22-32(42-44)37(2,3)4)39-36(46)38-26-9-7-8-24(19-26)18-25-20-28-16-17-29(21-25)43(28)35(45)34-30-10-5-6-11-31(30)40-41-34/h5-15,19,22,25,28-29H,16-18,20-21H2,1-4H3,(H,40,41)(H2,38,39,46). The van der Waals surface area contributed by atoms with Crippen molar-refractivity contribution < 1.29 is 9.59 Å². The van der Waals surface area contributed by atoms with Crippen LogP contribution >= 0.6 is 0 Å². The molecule has 3 amide bonds. The van der Waals surface area contributed by atoms with Crippen LogP contribution in [-0.2, 0) is 11.8 Å². The Kier molecular flexibility index (Phi) is 7.63. The summed E-state index contributed by atoms with van der Waals surface area (Å²) >= 11 is 0. The van der Waals surface area contributed by atoms with E-state index in [-0.39, 0.29) is 29.4 Å². The largest absolute Gasteiger partial charge is 0.331 e. The summed E-state index contributed by atoms with van der Waals surface area (Å²) in [5.41, 5.74) is 6.11. The van der Waals surface area contributed by atoms with Gasteiger partial charge in [0, 0.05) is 34.6 Å². The van der Waals surface area contributed by atoms with Gasteiger partial charge in [-0.05, 0) is 80.8 Å². The van der Waals surface area contributed by atoms with Crippen molar-refractivity contribution in [2.75, 3.05) is 10.6 Å². The number of H-pyrrole nitrogens is 1. The molecule has 3 N–H and O–H groups in total. The van der Waals surface area contributed by atoms with Crippen molar-refractivity contribution in [1.82, 2.24) is 24.9 Å². The molecule has 0 radical (unpaired) electrons. The first kappa shape index (κ1) is 29.8. The molecule has 2 unspecified atom stereocenters. The monoisotopic (exact) mass is 615 g/mol. The number of aromatic amines is 1. The third kappa shape index (κ3) is 5.89. The van der Waals surface area contributed by atoms with E-state index in [1.165, 1.54) is 5.56 Å². The molecule has 2 aliphatic rings. The van der Waals surface area contributed by atoms with Crippen molar-refractivity contribution in [2.24, 2.45) is 5.92 Å². The number of carbonyl (C=O) groups excluding carboxylic acids is 2. The molecule has 2 fully saturated rings. The molecule has 236 valence electrons. The maximum Gasteiger partial charge on any atom is 0.324 e. The highest BCUT2D eigenvalue weighted by Crippen LogP contribution is 2.41. The number of anilines is 2. The molecule has 9 nitrogen and oxygen atoms in total. The molecular weight excluding hydrogens is 574 g/mol. The summed E-state index contributed by atoms with van der Waals surface area (Å²) in [7, 11) is 0. The molecule has 2 saturated heterocycles. The molecule has 5 aromatic rings. The Balaban J connectivity index is 1.01. The number of urea groups is 1. The van der Waals surface area contributed by atoms with Gasteiger partial charge in [-0.1, -0.05) is 68.8 Å². The minimum Gasteiger partial charge on any atom is -0.331 e. The molecule has 4 heterocycles. The average Bonchev–Trinajstić information content (AvgIpc) is 3.72. The lowest BCUT2D eigenvalue weighted by Gasteiger charge is -2.39. The third-order valence-corrected chi connectivity index (χ3v) is 9.45. The molecule has 2 atom stereocenters. The van der Waals surface area contributed by atoms with Crippen LogP contribution < -0.4 is 10.6 Å². The van der Waals surface area contributed by atoms with Crippen LogP contribution in [0, 0.1) is 12.8 Å². The number of fused-ring (bicyclic) bond motifs is 3. The van der Waals surface area contributed by atoms with E-state index in [2.05, 4.69) is 58.6 Å². The van der Waals surface area contributed by atoms with Crippen molar-refractivity contribution >= 4 is 34.3 Å². The van der Waals surface area contributed by atoms with E-state index in [4.69, 9.17) is 5.10 Å². The van der Waals surface area contributed by atoms with E-state index in [0.29, 0.717) is 17.4 Å². The van der Waals surface area contributed by atoms with Crippen LogP contribution in [0.25, 0.3) is 16.6 Å². The average molecular weight is 616 g/mol. The fourth-order valence-electron chi connectivity index (χ4n) is 7.14. The molecule has 7 rings (SSSR count). The molecule has 2 aromatic heterocycles. The molecule has 0 saturated carbocycles. The summed E-state index contributed by atoms with van der Waals surface area (Å²) in [5.74, 6) is 1.13. The van der Waals surface area contributed by atoms with Crippen LogP contribution in [0.3, 0.4) is 0 Å². The van der Waals surface area contributed by atoms with Crippen LogP contribution in [0.15, 0.2) is 78.9 Å². The summed E-state index contributed by atoms with van der Waals surface area (Å²) in [5, 5.41) is 19.2. The quantitative estimate of drug-likeness (QED) is 0.183. The number of amides is 3. The van der Waals surface area contributed by atoms with Gasteiger partial charge in [-0.3, -0.25) is 15.2 Å². The van der Waals surface area contributed by atoms with Crippen LogP contribution in [0.1, 0.15) is 73.8 Å². The number of nitrogens with zero attached hydrogens (tertiary/aromatic N) is 4. The number of aryl methyl sites for hydroxylation is 1. The van der Waals surface area contributed by atoms with Gasteiger partial charge in [0.1, 0.15) is 5.82 Å². The predicted molar refractivity (Wildman–Crippen MR) is 182 cm³/mol. The van der Waals surface area contributed by atoms with Gasteiger partial charge >= 0.3 is 6.03 Å². The van der Waals surface area contributed by atoms with Gasteiger partial charge in [0.15, 0.2) is 5.69 Å². The SMILES string of the molecule is Cc1ccc(-n2nc(C(C)(C)C)cc2NC(=O)Nc2cccc(CC3CC4CCC(C3)N4C(=O)c3n[nH]c4ccccc34)c2)cc1. The van der Waals surface area contributed by atoms with Crippen molar-refractivity contribution in [3.05, 3.63) is 101 Å². The van der Waals surface area contributed by atoms with E-state index < -0.39 is 0 Å². The second kappa shape index (κ2) is 11.8. The van der Waals surface area contributed by atoms with Gasteiger partial charge in [0.05, 0.1) is 16.9 Å². The van der Waals surface area contributed by atoms with E-state index in [9.17, 15) is 9.59 Å². The number of nitrogens with one attached hydrogen (secondary N) is 3. The van der Waals surface area contributed by atoms with Gasteiger partial charge in [0.25, 0.3) is 5.91 Å². The maximum absolute atomic E-state index is 13.6. The summed E-state index contributed by atoms with van der Waals surface area (Å²) in [6.07, 6.45) is 4.93. The fraction of sp³-hybridized carbons (Fsp3) is 0.351. The topological polar surface area (TPSA) is 108 Å². The number of benzene rings is 3. The Morgan fingerprint density at radius 2 is 1.65 bits per heavy atom. The summed E-state index contributed by atoms with van der Waals surface area (Å²) < 4.78 is 1.79. The normalized spacial score (nSPS) is 19.4. The van der Waals surface area contributed by atoms with Gasteiger partial charge in [-0.2, -0.15) is 10.2 Å². The lowest BCUT2D eigenvalue weighted by molar-refractivity contribution is 0.0520. The van der Waals surface area contributed by atoms with E-state index >= 15 is 0 Å². The van der Waals surface area contributed by atoms with E-state index in [1.54, 1.807) is 4.68 Å². The van der Waals surface area contributed by atoms with Gasteiger partial charge in [-0.25, -0.2) is 9.48 Å². The molecule has 9 heteroatoms. The first-order chi connectivity index (χ1) is 22.1. The van der Waals surface area contributed by atoms with Crippen LogP contribution in [0.2, 0.25) is 0 Å². The first-order valence-corrected chi connectivity index (χ1v) is 16.2. The lowest BCUT2D eigenvalue weighted by atomic mass is 9.85. The van der Waals surface area contributed by atoms with Gasteiger partial charge < -0.3 is 10.2 Å². The van der Waals surface area contributed by atoms with Crippen LogP contribution in [-0.4, -0.2) is 48.9 Å². The number of piperidine rings is 1. The summed E-state index contributed by atoms with van der Waals surface area (Å²) in [4.78, 5) is 29.0. The molecule has 0 spiro atoms. The zero-order valence-corrected chi connectivity index (χ0v) is 26.9. The Morgan fingerprint density at radius 3 is 2.39 bits per heavy atom. The zero-order valence-electron chi connectivity index (χ0n) is 26.9. The number of carbonyl (C=O) groups is 2. The molecular formula is C37H41N7O2. The number of aromatic nitrogens is 4. The van der Waals surface area contributed by atoms with Crippen LogP contribution in [0.5, 0.6) is 0 Å². The van der Waals surface area contributed by atoms with Crippen molar-refractivity contribution in [3.8, 4) is 5.69 Å². The first-order valence-electron chi connectivity index (χ1n) is 16.2. The summed E-state index contributed by atoms with van der Waals surface area (Å²) in [6.45, 7) is 8.38.